The van der Waals surface area contributed by atoms with E-state index in [0.29, 0.717) is 5.82 Å². The fraction of sp³-hybridized carbons (Fsp3) is 0.0769. The van der Waals surface area contributed by atoms with Gasteiger partial charge in [-0.1, -0.05) is 6.07 Å². The molecular formula is C13H10BrN3O4. The zero-order chi connectivity index (χ0) is 15.4. The van der Waals surface area contributed by atoms with Crippen LogP contribution in [0.3, 0.4) is 0 Å². The predicted octanol–water partition coefficient (Wildman–Crippen LogP) is 3.01. The number of benzene rings is 1. The van der Waals surface area contributed by atoms with Crippen molar-refractivity contribution in [3.63, 3.8) is 0 Å². The Balaban J connectivity index is 2.33. The summed E-state index contributed by atoms with van der Waals surface area (Å²) in [6, 6.07) is 7.46. The molecule has 0 aliphatic carbocycles. The Kier molecular flexibility index (Phi) is 4.49. The van der Waals surface area contributed by atoms with E-state index >= 15 is 0 Å². The molecule has 1 N–H and O–H groups in total. The molecule has 0 unspecified atom stereocenters. The van der Waals surface area contributed by atoms with Crippen LogP contribution in [0.1, 0.15) is 10.4 Å². The van der Waals surface area contributed by atoms with Gasteiger partial charge in [-0.15, -0.1) is 0 Å². The normalized spacial score (nSPS) is 10.0. The molecule has 1 amide bonds. The molecule has 21 heavy (non-hydrogen) atoms. The molecule has 7 nitrogen and oxygen atoms in total. The molecule has 108 valence electrons. The summed E-state index contributed by atoms with van der Waals surface area (Å²) >= 11 is 3.23. The Morgan fingerprint density at radius 3 is 2.71 bits per heavy atom. The molecule has 0 atom stereocenters. The summed E-state index contributed by atoms with van der Waals surface area (Å²) < 4.78 is 5.76. The maximum atomic E-state index is 12.2. The minimum absolute atomic E-state index is 0.0661. The second-order valence-electron chi connectivity index (χ2n) is 3.93. The number of nitrogens with one attached hydrogen (secondary N) is 1. The molecule has 0 aliphatic heterocycles. The van der Waals surface area contributed by atoms with E-state index in [1.54, 1.807) is 12.1 Å². The van der Waals surface area contributed by atoms with Gasteiger partial charge >= 0.3 is 5.69 Å². The van der Waals surface area contributed by atoms with Gasteiger partial charge in [-0.25, -0.2) is 4.98 Å². The smallest absolute Gasteiger partial charge is 0.311 e. The van der Waals surface area contributed by atoms with Crippen LogP contribution in [0.15, 0.2) is 41.0 Å². The number of carbonyl (C=O) groups is 1. The van der Waals surface area contributed by atoms with Crippen molar-refractivity contribution in [3.8, 4) is 5.75 Å². The summed E-state index contributed by atoms with van der Waals surface area (Å²) in [6.07, 6.45) is 1.53. The number of methoxy groups -OCH3 is 1. The van der Waals surface area contributed by atoms with Crippen LogP contribution >= 0.6 is 15.9 Å². The van der Waals surface area contributed by atoms with Crippen molar-refractivity contribution in [1.29, 1.82) is 0 Å². The molecule has 2 aromatic rings. The molecule has 8 heteroatoms. The van der Waals surface area contributed by atoms with Crippen molar-refractivity contribution >= 4 is 33.3 Å². The number of rotatable bonds is 4. The maximum Gasteiger partial charge on any atom is 0.311 e. The highest BCUT2D eigenvalue weighted by atomic mass is 79.9. The number of amides is 1. The van der Waals surface area contributed by atoms with E-state index in [1.165, 1.54) is 31.5 Å². The van der Waals surface area contributed by atoms with Crippen LogP contribution in [0.25, 0.3) is 0 Å². The molecule has 0 fully saturated rings. The van der Waals surface area contributed by atoms with Crippen LogP contribution in [0, 0.1) is 10.1 Å². The first-order valence-corrected chi connectivity index (χ1v) is 6.56. The number of nitrogens with zero attached hydrogens (tertiary/aromatic N) is 2. The standard InChI is InChI=1S/C13H10BrN3O4/c1-21-12-9(3-2-4-10(12)17(19)20)13(18)16-11-6-5-8(14)7-15-11/h2-7H,1H3,(H,15,16,18). The number of ether oxygens (including phenoxy) is 1. The van der Waals surface area contributed by atoms with Gasteiger partial charge in [0.2, 0.25) is 5.75 Å². The molecule has 0 bridgehead atoms. The second kappa shape index (κ2) is 6.31. The van der Waals surface area contributed by atoms with Gasteiger partial charge in [0.05, 0.1) is 17.6 Å². The third kappa shape index (κ3) is 3.34. The van der Waals surface area contributed by atoms with Crippen molar-refractivity contribution in [2.75, 3.05) is 12.4 Å². The van der Waals surface area contributed by atoms with Crippen molar-refractivity contribution in [2.45, 2.75) is 0 Å². The largest absolute Gasteiger partial charge is 0.490 e. The highest BCUT2D eigenvalue weighted by Crippen LogP contribution is 2.30. The van der Waals surface area contributed by atoms with Gasteiger partial charge in [-0.2, -0.15) is 0 Å². The summed E-state index contributed by atoms with van der Waals surface area (Å²) in [5, 5.41) is 13.5. The molecule has 1 aromatic heterocycles. The zero-order valence-electron chi connectivity index (χ0n) is 10.9. The minimum Gasteiger partial charge on any atom is -0.490 e. The van der Waals surface area contributed by atoms with E-state index in [-0.39, 0.29) is 17.0 Å². The van der Waals surface area contributed by atoms with Gasteiger partial charge in [0.15, 0.2) is 0 Å². The minimum atomic E-state index is -0.604. The summed E-state index contributed by atoms with van der Waals surface area (Å²) in [7, 11) is 1.27. The fourth-order valence-corrected chi connectivity index (χ4v) is 1.93. The quantitative estimate of drug-likeness (QED) is 0.674. The number of nitro benzene ring substituents is 1. The monoisotopic (exact) mass is 351 g/mol. The SMILES string of the molecule is COc1c(C(=O)Nc2ccc(Br)cn2)cccc1[N+](=O)[O-]. The number of hydrogen-bond donors (Lipinski definition) is 1. The number of nitro groups is 1. The highest BCUT2D eigenvalue weighted by Gasteiger charge is 2.22. The van der Waals surface area contributed by atoms with E-state index in [0.717, 1.165) is 4.47 Å². The molecule has 0 saturated carbocycles. The number of aromatic nitrogens is 1. The van der Waals surface area contributed by atoms with Crippen molar-refractivity contribution < 1.29 is 14.5 Å². The lowest BCUT2D eigenvalue weighted by Crippen LogP contribution is -2.14. The molecule has 1 heterocycles. The second-order valence-corrected chi connectivity index (χ2v) is 4.85. The van der Waals surface area contributed by atoms with Crippen LogP contribution in [-0.2, 0) is 0 Å². The molecule has 0 aliphatic rings. The predicted molar refractivity (Wildman–Crippen MR) is 79.5 cm³/mol. The van der Waals surface area contributed by atoms with Crippen LogP contribution in [0.2, 0.25) is 0 Å². The molecule has 2 rings (SSSR count). The number of anilines is 1. The highest BCUT2D eigenvalue weighted by molar-refractivity contribution is 9.10. The van der Waals surface area contributed by atoms with Crippen LogP contribution < -0.4 is 10.1 Å². The number of para-hydroxylation sites is 1. The molecule has 1 aromatic carbocycles. The van der Waals surface area contributed by atoms with Crippen LogP contribution in [0.5, 0.6) is 5.75 Å². The lowest BCUT2D eigenvalue weighted by atomic mass is 10.1. The first-order valence-electron chi connectivity index (χ1n) is 5.77. The lowest BCUT2D eigenvalue weighted by Gasteiger charge is -2.09. The van der Waals surface area contributed by atoms with E-state index in [4.69, 9.17) is 4.74 Å². The Hall–Kier alpha value is -2.48. The van der Waals surface area contributed by atoms with E-state index in [2.05, 4.69) is 26.2 Å². The Bertz CT molecular complexity index is 688. The van der Waals surface area contributed by atoms with Crippen molar-refractivity contribution in [1.82, 2.24) is 4.98 Å². The number of pyridine rings is 1. The fourth-order valence-electron chi connectivity index (χ4n) is 1.70. The summed E-state index contributed by atoms with van der Waals surface area (Å²) in [6.45, 7) is 0. The van der Waals surface area contributed by atoms with Gasteiger partial charge in [0, 0.05) is 16.7 Å². The van der Waals surface area contributed by atoms with Crippen molar-refractivity contribution in [2.24, 2.45) is 0 Å². The summed E-state index contributed by atoms with van der Waals surface area (Å²) in [5.41, 5.74) is -0.203. The molecule has 0 spiro atoms. The van der Waals surface area contributed by atoms with Crippen molar-refractivity contribution in [3.05, 3.63) is 56.7 Å². The Morgan fingerprint density at radius 2 is 2.14 bits per heavy atom. The third-order valence-corrected chi connectivity index (χ3v) is 3.08. The molecular weight excluding hydrogens is 342 g/mol. The molecule has 0 radical (unpaired) electrons. The Labute approximate surface area is 128 Å². The first-order chi connectivity index (χ1) is 10.0. The van der Waals surface area contributed by atoms with Crippen LogP contribution in [0.4, 0.5) is 11.5 Å². The first kappa shape index (κ1) is 14.9. The van der Waals surface area contributed by atoms with Crippen LogP contribution in [-0.4, -0.2) is 22.9 Å². The lowest BCUT2D eigenvalue weighted by molar-refractivity contribution is -0.385. The third-order valence-electron chi connectivity index (χ3n) is 2.61. The number of carbonyl (C=O) groups excluding carboxylic acids is 1. The van der Waals surface area contributed by atoms with Gasteiger partial charge < -0.3 is 10.1 Å². The summed E-state index contributed by atoms with van der Waals surface area (Å²) in [5.74, 6) is -0.292. The topological polar surface area (TPSA) is 94.4 Å². The van der Waals surface area contributed by atoms with Gasteiger partial charge in [-0.05, 0) is 34.1 Å². The maximum absolute atomic E-state index is 12.2. The molecule has 0 saturated heterocycles. The average Bonchev–Trinajstić information content (AvgIpc) is 2.48. The zero-order valence-corrected chi connectivity index (χ0v) is 12.5. The number of hydrogen-bond acceptors (Lipinski definition) is 5. The van der Waals surface area contributed by atoms with E-state index in [1.807, 2.05) is 0 Å². The van der Waals surface area contributed by atoms with Gasteiger partial charge in [0.25, 0.3) is 5.91 Å². The Morgan fingerprint density at radius 1 is 1.38 bits per heavy atom. The van der Waals surface area contributed by atoms with Gasteiger partial charge in [0.1, 0.15) is 5.82 Å². The summed E-state index contributed by atoms with van der Waals surface area (Å²) in [4.78, 5) is 26.5. The van der Waals surface area contributed by atoms with E-state index < -0.39 is 10.8 Å². The average molecular weight is 352 g/mol. The van der Waals surface area contributed by atoms with Gasteiger partial charge in [-0.3, -0.25) is 14.9 Å². The number of halogens is 1. The van der Waals surface area contributed by atoms with E-state index in [9.17, 15) is 14.9 Å².